The van der Waals surface area contributed by atoms with E-state index in [1.165, 1.54) is 148 Å². The quantitative estimate of drug-likeness (QED) is 0.0373. The van der Waals surface area contributed by atoms with Crippen LogP contribution in [0.4, 0.5) is 0 Å². The molecule has 5 nitrogen and oxygen atoms in total. The average molecular weight is 972 g/mol. The maximum absolute atomic E-state index is 12.3. The summed E-state index contributed by atoms with van der Waals surface area (Å²) in [5, 5.41) is 9.67. The molecule has 70 heavy (non-hydrogen) atoms. The number of allylic oxidation sites excluding steroid dienone is 18. The third-order valence-electron chi connectivity index (χ3n) is 12.6. The SMILES string of the molecule is CC/C=C\C/C=C\C/C=C\C/C=C\C/C=C\CCCCCCCCCCCCCCCC(=O)OC(CO)COC(=O)CCCCCCCCCCCCCCCC/C=C\C/C=C\C/C=C\C/C=C\CC. The summed E-state index contributed by atoms with van der Waals surface area (Å²) in [5.74, 6) is -0.590. The van der Waals surface area contributed by atoms with Crippen LogP contribution in [0.2, 0.25) is 0 Å². The number of rotatable bonds is 53. The Morgan fingerprint density at radius 1 is 0.329 bits per heavy atom. The fraction of sp³-hybridized carbons (Fsp3) is 0.692. The van der Waals surface area contributed by atoms with E-state index < -0.39 is 6.10 Å². The molecule has 1 unspecified atom stereocenters. The van der Waals surface area contributed by atoms with Gasteiger partial charge in [0.1, 0.15) is 6.61 Å². The highest BCUT2D eigenvalue weighted by Gasteiger charge is 2.16. The van der Waals surface area contributed by atoms with Crippen molar-refractivity contribution in [2.75, 3.05) is 13.2 Å². The first-order valence-electron chi connectivity index (χ1n) is 29.4. The number of ether oxygens (including phenoxy) is 2. The Morgan fingerprint density at radius 2 is 0.571 bits per heavy atom. The second-order valence-corrected chi connectivity index (χ2v) is 19.3. The van der Waals surface area contributed by atoms with Gasteiger partial charge in [0, 0.05) is 12.8 Å². The molecule has 5 heteroatoms. The van der Waals surface area contributed by atoms with E-state index in [0.29, 0.717) is 12.8 Å². The summed E-state index contributed by atoms with van der Waals surface area (Å²) in [5.41, 5.74) is 0. The Balaban J connectivity index is 3.49. The number of carbonyl (C=O) groups excluding carboxylic acids is 2. The molecule has 0 saturated heterocycles. The minimum atomic E-state index is -0.780. The molecule has 1 N–H and O–H groups in total. The van der Waals surface area contributed by atoms with E-state index in [-0.39, 0.29) is 25.2 Å². The lowest BCUT2D eigenvalue weighted by Crippen LogP contribution is -2.28. The molecular formula is C65H110O5. The zero-order valence-electron chi connectivity index (χ0n) is 45.7. The second-order valence-electron chi connectivity index (χ2n) is 19.3. The Labute approximate surface area is 433 Å². The first kappa shape index (κ1) is 66.6. The molecule has 0 radical (unpaired) electrons. The molecule has 0 heterocycles. The number of carbonyl (C=O) groups is 2. The van der Waals surface area contributed by atoms with Gasteiger partial charge in [0.15, 0.2) is 6.10 Å². The van der Waals surface area contributed by atoms with Crippen molar-refractivity contribution in [3.05, 3.63) is 109 Å². The Bertz CT molecular complexity index is 1380. The highest BCUT2D eigenvalue weighted by molar-refractivity contribution is 5.70. The molecule has 0 fully saturated rings. The zero-order chi connectivity index (χ0) is 50.6. The van der Waals surface area contributed by atoms with Crippen LogP contribution in [0, 0.1) is 0 Å². The summed E-state index contributed by atoms with van der Waals surface area (Å²) >= 11 is 0. The number of unbranched alkanes of at least 4 members (excludes halogenated alkanes) is 27. The van der Waals surface area contributed by atoms with E-state index in [2.05, 4.69) is 123 Å². The summed E-state index contributed by atoms with van der Waals surface area (Å²) in [6, 6.07) is 0. The van der Waals surface area contributed by atoms with Crippen molar-refractivity contribution in [1.29, 1.82) is 0 Å². The molecule has 1 atom stereocenters. The van der Waals surface area contributed by atoms with Crippen LogP contribution in [-0.4, -0.2) is 36.4 Å². The fourth-order valence-corrected chi connectivity index (χ4v) is 8.22. The maximum Gasteiger partial charge on any atom is 0.306 e. The highest BCUT2D eigenvalue weighted by Crippen LogP contribution is 2.16. The van der Waals surface area contributed by atoms with E-state index >= 15 is 0 Å². The third kappa shape index (κ3) is 57.1. The molecule has 0 spiro atoms. The molecule has 0 aliphatic carbocycles. The average Bonchev–Trinajstić information content (AvgIpc) is 3.36. The molecule has 0 aliphatic heterocycles. The van der Waals surface area contributed by atoms with E-state index in [1.54, 1.807) is 0 Å². The third-order valence-corrected chi connectivity index (χ3v) is 12.6. The molecule has 0 aromatic rings. The number of aliphatic hydroxyl groups excluding tert-OH is 1. The molecule has 400 valence electrons. The van der Waals surface area contributed by atoms with Crippen LogP contribution in [0.1, 0.15) is 271 Å². The van der Waals surface area contributed by atoms with Crippen LogP contribution >= 0.6 is 0 Å². The van der Waals surface area contributed by atoms with Gasteiger partial charge in [-0.1, -0.05) is 271 Å². The number of hydrogen-bond acceptors (Lipinski definition) is 5. The number of esters is 2. The van der Waals surface area contributed by atoms with Crippen molar-refractivity contribution < 1.29 is 24.2 Å². The smallest absolute Gasteiger partial charge is 0.306 e. The molecule has 0 saturated carbocycles. The van der Waals surface area contributed by atoms with Gasteiger partial charge in [0.25, 0.3) is 0 Å². The summed E-state index contributed by atoms with van der Waals surface area (Å²) < 4.78 is 10.7. The van der Waals surface area contributed by atoms with Gasteiger partial charge in [-0.2, -0.15) is 0 Å². The van der Waals surface area contributed by atoms with E-state index in [4.69, 9.17) is 9.47 Å². The van der Waals surface area contributed by atoms with E-state index in [9.17, 15) is 14.7 Å². The van der Waals surface area contributed by atoms with Gasteiger partial charge in [-0.25, -0.2) is 0 Å². The standard InChI is InChI=1S/C65H110O5/c1-3-5-7-9-11-13-15-17-19-21-23-25-27-29-31-32-34-36-38-40-42-44-46-48-50-52-54-56-58-60-65(68)70-63(61-66)62-69-64(67)59-57-55-53-51-49-47-45-43-41-39-37-35-33-30-28-26-24-22-20-18-16-14-12-10-8-6-4-2/h5-8,11-14,17-20,23-26,29,31,63,66H,3-4,9-10,15-16,21-22,27-28,30,32-62H2,1-2H3/b7-5-,8-6-,13-11-,14-12-,19-17-,20-18-,25-23-,26-24-,31-29-. The monoisotopic (exact) mass is 971 g/mol. The lowest BCUT2D eigenvalue weighted by molar-refractivity contribution is -0.161. The summed E-state index contributed by atoms with van der Waals surface area (Å²) in [7, 11) is 0. The Kier molecular flexibility index (Phi) is 56.9. The minimum absolute atomic E-state index is 0.0699. The van der Waals surface area contributed by atoms with Gasteiger partial charge in [-0.3, -0.25) is 9.59 Å². The zero-order valence-corrected chi connectivity index (χ0v) is 45.7. The normalized spacial score (nSPS) is 13.0. The van der Waals surface area contributed by atoms with Crippen molar-refractivity contribution >= 4 is 11.9 Å². The Morgan fingerprint density at radius 3 is 0.857 bits per heavy atom. The lowest BCUT2D eigenvalue weighted by atomic mass is 10.0. The molecular weight excluding hydrogens is 861 g/mol. The molecule has 0 bridgehead atoms. The van der Waals surface area contributed by atoms with E-state index in [0.717, 1.165) is 96.3 Å². The first-order valence-corrected chi connectivity index (χ1v) is 29.4. The minimum Gasteiger partial charge on any atom is -0.462 e. The number of aliphatic hydroxyl groups is 1. The van der Waals surface area contributed by atoms with Crippen LogP contribution in [0.15, 0.2) is 109 Å². The van der Waals surface area contributed by atoms with Gasteiger partial charge in [0.05, 0.1) is 6.61 Å². The van der Waals surface area contributed by atoms with Gasteiger partial charge in [-0.05, 0) is 96.3 Å². The fourth-order valence-electron chi connectivity index (χ4n) is 8.22. The lowest BCUT2D eigenvalue weighted by Gasteiger charge is -2.15. The van der Waals surface area contributed by atoms with Crippen LogP contribution in [0.5, 0.6) is 0 Å². The molecule has 0 amide bonds. The predicted octanol–water partition coefficient (Wildman–Crippen LogP) is 20.1. The van der Waals surface area contributed by atoms with Crippen LogP contribution in [-0.2, 0) is 19.1 Å². The largest absolute Gasteiger partial charge is 0.462 e. The Hall–Kier alpha value is -3.44. The van der Waals surface area contributed by atoms with Crippen LogP contribution in [0.25, 0.3) is 0 Å². The van der Waals surface area contributed by atoms with Crippen molar-refractivity contribution in [2.45, 2.75) is 277 Å². The maximum atomic E-state index is 12.3. The second kappa shape index (κ2) is 59.9. The molecule has 0 aromatic heterocycles. The van der Waals surface area contributed by atoms with Gasteiger partial charge >= 0.3 is 11.9 Å². The topological polar surface area (TPSA) is 72.8 Å². The summed E-state index contributed by atoms with van der Waals surface area (Å²) in [6.45, 7) is 3.93. The molecule has 0 aromatic carbocycles. The molecule has 0 aliphatic rings. The molecule has 0 rings (SSSR count). The summed E-state index contributed by atoms with van der Waals surface area (Å²) in [4.78, 5) is 24.6. The van der Waals surface area contributed by atoms with Gasteiger partial charge < -0.3 is 14.6 Å². The summed E-state index contributed by atoms with van der Waals surface area (Å²) in [6.07, 6.45) is 86.4. The number of hydrogen-bond donors (Lipinski definition) is 1. The first-order chi connectivity index (χ1) is 34.6. The van der Waals surface area contributed by atoms with Crippen molar-refractivity contribution in [2.24, 2.45) is 0 Å². The van der Waals surface area contributed by atoms with Crippen molar-refractivity contribution in [3.63, 3.8) is 0 Å². The van der Waals surface area contributed by atoms with Crippen molar-refractivity contribution in [1.82, 2.24) is 0 Å². The van der Waals surface area contributed by atoms with E-state index in [1.807, 2.05) is 0 Å². The highest BCUT2D eigenvalue weighted by atomic mass is 16.6. The predicted molar refractivity (Wildman–Crippen MR) is 306 cm³/mol. The van der Waals surface area contributed by atoms with Crippen molar-refractivity contribution in [3.8, 4) is 0 Å². The van der Waals surface area contributed by atoms with Gasteiger partial charge in [-0.15, -0.1) is 0 Å². The van der Waals surface area contributed by atoms with Crippen LogP contribution in [0.3, 0.4) is 0 Å². The van der Waals surface area contributed by atoms with Gasteiger partial charge in [0.2, 0.25) is 0 Å². The van der Waals surface area contributed by atoms with Crippen LogP contribution < -0.4 is 0 Å².